The lowest BCUT2D eigenvalue weighted by atomic mass is 10.3. The van der Waals surface area contributed by atoms with Crippen molar-refractivity contribution in [1.29, 1.82) is 0 Å². The van der Waals surface area contributed by atoms with Gasteiger partial charge in [0.25, 0.3) is 0 Å². The van der Waals surface area contributed by atoms with Crippen molar-refractivity contribution in [3.8, 4) is 0 Å². The highest BCUT2D eigenvalue weighted by Gasteiger charge is 2.10. The van der Waals surface area contributed by atoms with Gasteiger partial charge in [-0.2, -0.15) is 0 Å². The molecule has 0 aromatic carbocycles. The number of carbonyl (C=O) groups is 2. The predicted octanol–water partition coefficient (Wildman–Crippen LogP) is 1.50. The first-order chi connectivity index (χ1) is 7.65. The van der Waals surface area contributed by atoms with Crippen LogP contribution in [0.2, 0.25) is 0 Å². The molecule has 0 amide bonds. The number of Topliss-reactive ketones (excluding diaryl/α,β-unsaturated/α-hetero) is 1. The van der Waals surface area contributed by atoms with E-state index in [-0.39, 0.29) is 17.5 Å². The van der Waals surface area contributed by atoms with E-state index in [9.17, 15) is 9.59 Å². The smallest absolute Gasteiger partial charge is 0.315 e. The molecule has 0 unspecified atom stereocenters. The van der Waals surface area contributed by atoms with E-state index >= 15 is 0 Å². The first kappa shape index (κ1) is 12.8. The van der Waals surface area contributed by atoms with E-state index in [1.807, 2.05) is 19.3 Å². The second kappa shape index (κ2) is 6.37. The van der Waals surface area contributed by atoms with Crippen LogP contribution in [0.3, 0.4) is 0 Å². The van der Waals surface area contributed by atoms with Crippen LogP contribution in [0.25, 0.3) is 0 Å². The Morgan fingerprint density at radius 2 is 2.19 bits per heavy atom. The van der Waals surface area contributed by atoms with Gasteiger partial charge in [-0.3, -0.25) is 9.59 Å². The van der Waals surface area contributed by atoms with Crippen LogP contribution in [0, 0.1) is 0 Å². The maximum atomic E-state index is 11.7. The van der Waals surface area contributed by atoms with Gasteiger partial charge in [0.2, 0.25) is 0 Å². The molecule has 88 valence electrons. The maximum Gasteiger partial charge on any atom is 0.315 e. The summed E-state index contributed by atoms with van der Waals surface area (Å²) in [6, 6.07) is 3.59. The van der Waals surface area contributed by atoms with Crippen molar-refractivity contribution < 1.29 is 14.3 Å². The Kier molecular flexibility index (Phi) is 5.11. The van der Waals surface area contributed by atoms with Crippen LogP contribution in [0.1, 0.15) is 17.4 Å². The molecule has 0 atom stereocenters. The lowest BCUT2D eigenvalue weighted by molar-refractivity contribution is -0.139. The average Bonchev–Trinajstić information content (AvgIpc) is 2.64. The third kappa shape index (κ3) is 3.73. The highest BCUT2D eigenvalue weighted by molar-refractivity contribution is 8.00. The molecule has 5 heteroatoms. The largest absolute Gasteiger partial charge is 0.465 e. The summed E-state index contributed by atoms with van der Waals surface area (Å²) in [6.07, 6.45) is 1.82. The standard InChI is InChI=1S/C11H15NO3S/c1-3-15-11(14)8-16-7-10(13)9-5-4-6-12(9)2/h4-6H,3,7-8H2,1-2H3. The molecule has 0 fully saturated rings. The van der Waals surface area contributed by atoms with Crippen molar-refractivity contribution in [1.82, 2.24) is 4.57 Å². The molecule has 0 aliphatic heterocycles. The van der Waals surface area contributed by atoms with Gasteiger partial charge in [0.1, 0.15) is 0 Å². The van der Waals surface area contributed by atoms with Crippen LogP contribution in [0.4, 0.5) is 0 Å². The zero-order valence-corrected chi connectivity index (χ0v) is 10.3. The number of hydrogen-bond donors (Lipinski definition) is 0. The zero-order valence-electron chi connectivity index (χ0n) is 9.43. The van der Waals surface area contributed by atoms with E-state index in [1.54, 1.807) is 17.6 Å². The number of aromatic nitrogens is 1. The minimum atomic E-state index is -0.271. The molecule has 0 N–H and O–H groups in total. The first-order valence-electron chi connectivity index (χ1n) is 5.03. The number of thioether (sulfide) groups is 1. The molecule has 1 aromatic rings. The van der Waals surface area contributed by atoms with Crippen LogP contribution in [0.15, 0.2) is 18.3 Å². The topological polar surface area (TPSA) is 48.3 Å². The zero-order chi connectivity index (χ0) is 12.0. The molecule has 0 aliphatic carbocycles. The second-order valence-corrected chi connectivity index (χ2v) is 4.21. The van der Waals surface area contributed by atoms with Crippen LogP contribution in [-0.4, -0.2) is 34.4 Å². The number of aryl methyl sites for hydroxylation is 1. The van der Waals surface area contributed by atoms with Gasteiger partial charge in [-0.05, 0) is 19.1 Å². The summed E-state index contributed by atoms with van der Waals surface area (Å²) < 4.78 is 6.53. The molecule has 0 saturated carbocycles. The van der Waals surface area contributed by atoms with Gasteiger partial charge in [0.05, 0.1) is 23.8 Å². The monoisotopic (exact) mass is 241 g/mol. The SMILES string of the molecule is CCOC(=O)CSCC(=O)c1cccn1C. The number of hydrogen-bond acceptors (Lipinski definition) is 4. The number of rotatable bonds is 6. The summed E-state index contributed by atoms with van der Waals surface area (Å²) in [6.45, 7) is 2.14. The molecule has 16 heavy (non-hydrogen) atoms. The predicted molar refractivity (Wildman–Crippen MR) is 63.7 cm³/mol. The number of carbonyl (C=O) groups excluding carboxylic acids is 2. The molecule has 0 aliphatic rings. The number of esters is 1. The van der Waals surface area contributed by atoms with E-state index in [1.165, 1.54) is 11.8 Å². The van der Waals surface area contributed by atoms with E-state index in [2.05, 4.69) is 0 Å². The molecular weight excluding hydrogens is 226 g/mol. The van der Waals surface area contributed by atoms with Crippen molar-refractivity contribution in [2.45, 2.75) is 6.92 Å². The van der Waals surface area contributed by atoms with Gasteiger partial charge >= 0.3 is 5.97 Å². The Morgan fingerprint density at radius 3 is 2.75 bits per heavy atom. The molecule has 0 spiro atoms. The fourth-order valence-electron chi connectivity index (χ4n) is 1.25. The van der Waals surface area contributed by atoms with Crippen molar-refractivity contribution in [2.75, 3.05) is 18.1 Å². The van der Waals surface area contributed by atoms with Gasteiger partial charge in [0, 0.05) is 13.2 Å². The first-order valence-corrected chi connectivity index (χ1v) is 6.18. The normalized spacial score (nSPS) is 10.1. The van der Waals surface area contributed by atoms with Crippen LogP contribution < -0.4 is 0 Å². The van der Waals surface area contributed by atoms with E-state index in [0.717, 1.165) is 0 Å². The summed E-state index contributed by atoms with van der Waals surface area (Å²) in [7, 11) is 1.82. The fourth-order valence-corrected chi connectivity index (χ4v) is 1.94. The molecular formula is C11H15NO3S. The third-order valence-corrected chi connectivity index (χ3v) is 2.89. The molecule has 0 saturated heterocycles. The molecule has 1 rings (SSSR count). The summed E-state index contributed by atoms with van der Waals surface area (Å²) in [5.74, 6) is 0.287. The van der Waals surface area contributed by atoms with E-state index < -0.39 is 0 Å². The third-order valence-electron chi connectivity index (χ3n) is 1.99. The summed E-state index contributed by atoms with van der Waals surface area (Å²) in [5.41, 5.74) is 0.663. The van der Waals surface area contributed by atoms with Crippen molar-refractivity contribution in [3.63, 3.8) is 0 Å². The lowest BCUT2D eigenvalue weighted by Crippen LogP contribution is -2.11. The van der Waals surface area contributed by atoms with Crippen molar-refractivity contribution in [3.05, 3.63) is 24.0 Å². The number of ketones is 1. The summed E-state index contributed by atoms with van der Waals surface area (Å²) >= 11 is 1.28. The maximum absolute atomic E-state index is 11.7. The van der Waals surface area contributed by atoms with Crippen molar-refractivity contribution in [2.24, 2.45) is 7.05 Å². The number of ether oxygens (including phenoxy) is 1. The van der Waals surface area contributed by atoms with Gasteiger partial charge in [-0.15, -0.1) is 11.8 Å². The minimum absolute atomic E-state index is 0.0294. The quantitative estimate of drug-likeness (QED) is 0.559. The van der Waals surface area contributed by atoms with E-state index in [4.69, 9.17) is 4.74 Å². The Labute approximate surface area is 99.0 Å². The van der Waals surface area contributed by atoms with Crippen molar-refractivity contribution >= 4 is 23.5 Å². The average molecular weight is 241 g/mol. The molecule has 0 bridgehead atoms. The molecule has 1 heterocycles. The highest BCUT2D eigenvalue weighted by atomic mass is 32.2. The highest BCUT2D eigenvalue weighted by Crippen LogP contribution is 2.08. The summed E-state index contributed by atoms with van der Waals surface area (Å²) in [5, 5.41) is 0. The Morgan fingerprint density at radius 1 is 1.44 bits per heavy atom. The van der Waals surface area contributed by atoms with Gasteiger partial charge in [-0.1, -0.05) is 0 Å². The molecule has 4 nitrogen and oxygen atoms in total. The van der Waals surface area contributed by atoms with Gasteiger partial charge < -0.3 is 9.30 Å². The molecule has 1 aromatic heterocycles. The van der Waals surface area contributed by atoms with Gasteiger partial charge in [-0.25, -0.2) is 0 Å². The Hall–Kier alpha value is -1.23. The fraction of sp³-hybridized carbons (Fsp3) is 0.455. The molecule has 0 radical (unpaired) electrons. The van der Waals surface area contributed by atoms with Crippen LogP contribution >= 0.6 is 11.8 Å². The number of nitrogens with zero attached hydrogens (tertiary/aromatic N) is 1. The second-order valence-electron chi connectivity index (χ2n) is 3.23. The minimum Gasteiger partial charge on any atom is -0.465 e. The summed E-state index contributed by atoms with van der Waals surface area (Å²) in [4.78, 5) is 22.7. The van der Waals surface area contributed by atoms with Gasteiger partial charge in [0.15, 0.2) is 5.78 Å². The van der Waals surface area contributed by atoms with Crippen LogP contribution in [-0.2, 0) is 16.6 Å². The Balaban J connectivity index is 2.31. The lowest BCUT2D eigenvalue weighted by Gasteiger charge is -2.03. The van der Waals surface area contributed by atoms with E-state index in [0.29, 0.717) is 18.1 Å². The van der Waals surface area contributed by atoms with Crippen LogP contribution in [0.5, 0.6) is 0 Å². The Bertz CT molecular complexity index is 373.